The number of hydrogen-bond acceptors (Lipinski definition) is 3. The molecule has 1 aromatic heterocycles. The van der Waals surface area contributed by atoms with Crippen LogP contribution in [0.2, 0.25) is 0 Å². The average Bonchev–Trinajstić information content (AvgIpc) is 3.12. The van der Waals surface area contributed by atoms with Crippen LogP contribution in [0.5, 0.6) is 0 Å². The first-order chi connectivity index (χ1) is 11.3. The Kier molecular flexibility index (Phi) is 4.25. The maximum atomic E-state index is 13.2. The molecule has 0 bridgehead atoms. The summed E-state index contributed by atoms with van der Waals surface area (Å²) in [5, 5.41) is 6.02. The molecule has 1 fully saturated rings. The zero-order valence-corrected chi connectivity index (χ0v) is 13.4. The molecule has 8 heteroatoms. The van der Waals surface area contributed by atoms with Crippen molar-refractivity contribution < 1.29 is 18.0 Å². The number of carbonyl (C=O) groups is 1. The second kappa shape index (κ2) is 6.08. The van der Waals surface area contributed by atoms with Gasteiger partial charge in [-0.1, -0.05) is 0 Å². The highest BCUT2D eigenvalue weighted by Crippen LogP contribution is 2.33. The summed E-state index contributed by atoms with van der Waals surface area (Å²) in [4.78, 5) is 16.0. The van der Waals surface area contributed by atoms with Crippen molar-refractivity contribution in [3.8, 4) is 0 Å². The standard InChI is InChI=1S/C16H19F3N4O/c1-9(2)23-13-4-3-10(14(24)21-11-5-6-20-8-11)7-12(13)22-15(23)16(17,18)19/h3-4,7,9,11,20H,5-6,8H2,1-2H3,(H,21,24). The molecule has 0 radical (unpaired) electrons. The highest BCUT2D eigenvalue weighted by molar-refractivity contribution is 5.97. The molecule has 1 saturated heterocycles. The van der Waals surface area contributed by atoms with Gasteiger partial charge in [-0.05, 0) is 45.0 Å². The van der Waals surface area contributed by atoms with Crippen LogP contribution in [-0.2, 0) is 6.18 Å². The maximum Gasteiger partial charge on any atom is 0.449 e. The molecule has 2 heterocycles. The third-order valence-electron chi connectivity index (χ3n) is 4.12. The fourth-order valence-corrected chi connectivity index (χ4v) is 3.01. The number of hydrogen-bond donors (Lipinski definition) is 2. The van der Waals surface area contributed by atoms with Gasteiger partial charge in [0.1, 0.15) is 0 Å². The third-order valence-corrected chi connectivity index (χ3v) is 4.12. The maximum absolute atomic E-state index is 13.2. The Morgan fingerprint density at radius 3 is 2.75 bits per heavy atom. The van der Waals surface area contributed by atoms with Gasteiger partial charge in [0.15, 0.2) is 0 Å². The van der Waals surface area contributed by atoms with E-state index in [1.165, 1.54) is 12.1 Å². The zero-order chi connectivity index (χ0) is 17.5. The van der Waals surface area contributed by atoms with Gasteiger partial charge in [0.2, 0.25) is 5.82 Å². The van der Waals surface area contributed by atoms with E-state index in [-0.39, 0.29) is 17.5 Å². The highest BCUT2D eigenvalue weighted by atomic mass is 19.4. The number of amides is 1. The molecule has 3 rings (SSSR count). The van der Waals surface area contributed by atoms with Gasteiger partial charge in [0.05, 0.1) is 11.0 Å². The van der Waals surface area contributed by atoms with E-state index >= 15 is 0 Å². The minimum absolute atomic E-state index is 0.0483. The molecule has 0 aliphatic carbocycles. The Morgan fingerprint density at radius 2 is 2.17 bits per heavy atom. The smallest absolute Gasteiger partial charge is 0.348 e. The van der Waals surface area contributed by atoms with Crippen LogP contribution in [0.4, 0.5) is 13.2 Å². The van der Waals surface area contributed by atoms with E-state index in [0.717, 1.165) is 17.5 Å². The second-order valence-corrected chi connectivity index (χ2v) is 6.26. The summed E-state index contributed by atoms with van der Waals surface area (Å²) in [5.41, 5.74) is 0.862. The Labute approximate surface area is 137 Å². The van der Waals surface area contributed by atoms with Gasteiger partial charge in [-0.3, -0.25) is 4.79 Å². The number of halogens is 3. The quantitative estimate of drug-likeness (QED) is 0.903. The van der Waals surface area contributed by atoms with Crippen molar-refractivity contribution in [1.82, 2.24) is 20.2 Å². The number of carbonyl (C=O) groups excluding carboxylic acids is 1. The summed E-state index contributed by atoms with van der Waals surface area (Å²) in [5.74, 6) is -1.23. The first-order valence-corrected chi connectivity index (χ1v) is 7.88. The van der Waals surface area contributed by atoms with Crippen LogP contribution >= 0.6 is 0 Å². The minimum Gasteiger partial charge on any atom is -0.348 e. The van der Waals surface area contributed by atoms with E-state index in [4.69, 9.17) is 0 Å². The van der Waals surface area contributed by atoms with Crippen molar-refractivity contribution in [3.05, 3.63) is 29.6 Å². The van der Waals surface area contributed by atoms with Crippen molar-refractivity contribution >= 4 is 16.9 Å². The summed E-state index contributed by atoms with van der Waals surface area (Å²) in [7, 11) is 0. The van der Waals surface area contributed by atoms with E-state index in [1.54, 1.807) is 19.9 Å². The lowest BCUT2D eigenvalue weighted by Gasteiger charge is -2.14. The van der Waals surface area contributed by atoms with E-state index in [2.05, 4.69) is 15.6 Å². The van der Waals surface area contributed by atoms with E-state index in [0.29, 0.717) is 17.6 Å². The normalized spacial score (nSPS) is 18.5. The van der Waals surface area contributed by atoms with Crippen molar-refractivity contribution in [2.75, 3.05) is 13.1 Å². The van der Waals surface area contributed by atoms with E-state index in [1.807, 2.05) is 0 Å². The Bertz CT molecular complexity index is 761. The summed E-state index contributed by atoms with van der Waals surface area (Å²) in [6.45, 7) is 4.89. The summed E-state index contributed by atoms with van der Waals surface area (Å²) < 4.78 is 40.8. The zero-order valence-electron chi connectivity index (χ0n) is 13.4. The molecular weight excluding hydrogens is 321 g/mol. The van der Waals surface area contributed by atoms with Crippen molar-refractivity contribution in [3.63, 3.8) is 0 Å². The van der Waals surface area contributed by atoms with Gasteiger partial charge in [0.25, 0.3) is 5.91 Å². The highest BCUT2D eigenvalue weighted by Gasteiger charge is 2.38. The predicted octanol–water partition coefficient (Wildman–Crippen LogP) is 2.73. The number of alkyl halides is 3. The molecule has 0 saturated carbocycles. The van der Waals surface area contributed by atoms with Crippen LogP contribution in [0.1, 0.15) is 42.5 Å². The lowest BCUT2D eigenvalue weighted by molar-refractivity contribution is -0.147. The molecule has 5 nitrogen and oxygen atoms in total. The lowest BCUT2D eigenvalue weighted by Crippen LogP contribution is -2.36. The Hall–Kier alpha value is -2.09. The molecule has 2 aromatic rings. The van der Waals surface area contributed by atoms with Gasteiger partial charge in [-0.15, -0.1) is 0 Å². The van der Waals surface area contributed by atoms with Crippen molar-refractivity contribution in [1.29, 1.82) is 0 Å². The predicted molar refractivity (Wildman–Crippen MR) is 83.9 cm³/mol. The van der Waals surface area contributed by atoms with Crippen LogP contribution in [-0.4, -0.2) is 34.6 Å². The molecule has 130 valence electrons. The molecule has 2 N–H and O–H groups in total. The first kappa shape index (κ1) is 16.8. The minimum atomic E-state index is -4.54. The van der Waals surface area contributed by atoms with Gasteiger partial charge < -0.3 is 15.2 Å². The van der Waals surface area contributed by atoms with Crippen molar-refractivity contribution in [2.24, 2.45) is 0 Å². The summed E-state index contributed by atoms with van der Waals surface area (Å²) in [6.07, 6.45) is -3.70. The van der Waals surface area contributed by atoms with Crippen LogP contribution in [0.3, 0.4) is 0 Å². The number of benzene rings is 1. The lowest BCUT2D eigenvalue weighted by atomic mass is 10.1. The van der Waals surface area contributed by atoms with Crippen LogP contribution in [0.25, 0.3) is 11.0 Å². The van der Waals surface area contributed by atoms with Gasteiger partial charge in [-0.2, -0.15) is 13.2 Å². The van der Waals surface area contributed by atoms with Gasteiger partial charge in [0, 0.05) is 24.2 Å². The van der Waals surface area contributed by atoms with Crippen LogP contribution in [0, 0.1) is 0 Å². The number of rotatable bonds is 3. The molecule has 24 heavy (non-hydrogen) atoms. The number of fused-ring (bicyclic) bond motifs is 1. The SMILES string of the molecule is CC(C)n1c(C(F)(F)F)nc2cc(C(=O)NC3CCNC3)ccc21. The van der Waals surface area contributed by atoms with Crippen LogP contribution < -0.4 is 10.6 Å². The van der Waals surface area contributed by atoms with E-state index in [9.17, 15) is 18.0 Å². The molecule has 1 unspecified atom stereocenters. The summed E-state index contributed by atoms with van der Waals surface area (Å²) >= 11 is 0. The number of nitrogens with one attached hydrogen (secondary N) is 2. The fourth-order valence-electron chi connectivity index (χ4n) is 3.01. The number of imidazole rings is 1. The monoisotopic (exact) mass is 340 g/mol. The second-order valence-electron chi connectivity index (χ2n) is 6.26. The Balaban J connectivity index is 1.97. The van der Waals surface area contributed by atoms with Crippen LogP contribution in [0.15, 0.2) is 18.2 Å². The Morgan fingerprint density at radius 1 is 1.42 bits per heavy atom. The number of aromatic nitrogens is 2. The number of nitrogens with zero attached hydrogens (tertiary/aromatic N) is 2. The molecule has 1 aromatic carbocycles. The largest absolute Gasteiger partial charge is 0.449 e. The van der Waals surface area contributed by atoms with Gasteiger partial charge in [-0.25, -0.2) is 4.98 Å². The molecule has 1 aliphatic heterocycles. The molecule has 1 amide bonds. The molecular formula is C16H19F3N4O. The molecule has 0 spiro atoms. The van der Waals surface area contributed by atoms with Crippen molar-refractivity contribution in [2.45, 2.75) is 38.5 Å². The third kappa shape index (κ3) is 3.10. The topological polar surface area (TPSA) is 59.0 Å². The van der Waals surface area contributed by atoms with Gasteiger partial charge >= 0.3 is 6.18 Å². The van der Waals surface area contributed by atoms with E-state index < -0.39 is 18.0 Å². The molecule has 1 atom stereocenters. The first-order valence-electron chi connectivity index (χ1n) is 7.88. The summed E-state index contributed by atoms with van der Waals surface area (Å²) in [6, 6.07) is 4.14. The molecule has 1 aliphatic rings. The fraction of sp³-hybridized carbons (Fsp3) is 0.500. The average molecular weight is 340 g/mol.